The Bertz CT molecular complexity index is 324. The Labute approximate surface area is 95.2 Å². The van der Waals surface area contributed by atoms with Crippen LogP contribution in [0, 0.1) is 0 Å². The Hall–Kier alpha value is -1.10. The average Bonchev–Trinajstić information content (AvgIpc) is 2.33. The lowest BCUT2D eigenvalue weighted by Crippen LogP contribution is -2.26. The van der Waals surface area contributed by atoms with Crippen molar-refractivity contribution in [2.24, 2.45) is 5.90 Å². The van der Waals surface area contributed by atoms with Gasteiger partial charge in [0.25, 0.3) is 0 Å². The van der Waals surface area contributed by atoms with E-state index in [1.54, 1.807) is 0 Å². The summed E-state index contributed by atoms with van der Waals surface area (Å²) >= 11 is 0. The highest BCUT2D eigenvalue weighted by molar-refractivity contribution is 5.32. The lowest BCUT2D eigenvalue weighted by Gasteiger charge is -2.24. The third-order valence-electron chi connectivity index (χ3n) is 2.67. The van der Waals surface area contributed by atoms with Gasteiger partial charge in [0.05, 0.1) is 19.8 Å². The van der Waals surface area contributed by atoms with Crippen LogP contribution in [0.2, 0.25) is 0 Å². The van der Waals surface area contributed by atoms with Gasteiger partial charge in [0.1, 0.15) is 11.9 Å². The summed E-state index contributed by atoms with van der Waals surface area (Å²) in [7, 11) is 0. The first-order valence-corrected chi connectivity index (χ1v) is 5.54. The number of ether oxygens (including phenoxy) is 2. The van der Waals surface area contributed by atoms with Crippen molar-refractivity contribution in [2.45, 2.75) is 25.6 Å². The third kappa shape index (κ3) is 2.95. The summed E-state index contributed by atoms with van der Waals surface area (Å²) in [5.74, 6) is 5.95. The monoisotopic (exact) mass is 223 g/mol. The fraction of sp³-hybridized carbons (Fsp3) is 0.500. The van der Waals surface area contributed by atoms with Crippen molar-refractivity contribution in [3.63, 3.8) is 0 Å². The van der Waals surface area contributed by atoms with Crippen LogP contribution < -0.4 is 10.6 Å². The van der Waals surface area contributed by atoms with Gasteiger partial charge in [-0.25, -0.2) is 5.90 Å². The molecule has 0 atom stereocenters. The second-order valence-electron chi connectivity index (χ2n) is 3.85. The zero-order chi connectivity index (χ0) is 11.2. The van der Waals surface area contributed by atoms with Gasteiger partial charge in [0, 0.05) is 18.4 Å². The van der Waals surface area contributed by atoms with Crippen LogP contribution in [-0.4, -0.2) is 19.3 Å². The molecule has 1 aliphatic rings. The van der Waals surface area contributed by atoms with Crippen molar-refractivity contribution in [1.29, 1.82) is 0 Å². The van der Waals surface area contributed by atoms with E-state index in [0.29, 0.717) is 6.61 Å². The highest BCUT2D eigenvalue weighted by Crippen LogP contribution is 2.22. The molecular weight excluding hydrogens is 206 g/mol. The maximum atomic E-state index is 5.92. The minimum Gasteiger partial charge on any atom is -0.490 e. The molecular formula is C12H17NO3. The zero-order valence-corrected chi connectivity index (χ0v) is 9.22. The minimum absolute atomic E-state index is 0.243. The topological polar surface area (TPSA) is 53.7 Å². The summed E-state index contributed by atoms with van der Waals surface area (Å²) in [6.07, 6.45) is 2.13. The molecule has 16 heavy (non-hydrogen) atoms. The van der Waals surface area contributed by atoms with Crippen molar-refractivity contribution >= 4 is 0 Å². The van der Waals surface area contributed by atoms with Gasteiger partial charge in [0.2, 0.25) is 0 Å². The quantitative estimate of drug-likeness (QED) is 0.788. The van der Waals surface area contributed by atoms with E-state index in [-0.39, 0.29) is 6.10 Å². The molecule has 0 unspecified atom stereocenters. The second-order valence-corrected chi connectivity index (χ2v) is 3.85. The Morgan fingerprint density at radius 3 is 2.75 bits per heavy atom. The molecule has 0 spiro atoms. The van der Waals surface area contributed by atoms with Crippen molar-refractivity contribution in [3.05, 3.63) is 29.8 Å². The van der Waals surface area contributed by atoms with Crippen molar-refractivity contribution in [1.82, 2.24) is 0 Å². The SMILES string of the molecule is NOCc1ccccc1OC1CCOCC1. The van der Waals surface area contributed by atoms with Gasteiger partial charge in [-0.2, -0.15) is 0 Å². The first kappa shape index (κ1) is 11.4. The number of para-hydroxylation sites is 1. The lowest BCUT2D eigenvalue weighted by atomic mass is 10.1. The zero-order valence-electron chi connectivity index (χ0n) is 9.22. The number of benzene rings is 1. The molecule has 0 amide bonds. The number of nitrogens with two attached hydrogens (primary N) is 1. The van der Waals surface area contributed by atoms with Crippen LogP contribution in [0.4, 0.5) is 0 Å². The molecule has 88 valence electrons. The highest BCUT2D eigenvalue weighted by Gasteiger charge is 2.16. The molecule has 0 radical (unpaired) electrons. The summed E-state index contributed by atoms with van der Waals surface area (Å²) in [5.41, 5.74) is 0.983. The van der Waals surface area contributed by atoms with Crippen molar-refractivity contribution in [2.75, 3.05) is 13.2 Å². The van der Waals surface area contributed by atoms with Crippen LogP contribution in [0.15, 0.2) is 24.3 Å². The molecule has 1 aromatic carbocycles. The highest BCUT2D eigenvalue weighted by atomic mass is 16.6. The van der Waals surface area contributed by atoms with Crippen LogP contribution in [0.1, 0.15) is 18.4 Å². The van der Waals surface area contributed by atoms with E-state index in [4.69, 9.17) is 15.4 Å². The molecule has 1 aliphatic heterocycles. The summed E-state index contributed by atoms with van der Waals surface area (Å²) in [6, 6.07) is 7.81. The van der Waals surface area contributed by atoms with Crippen molar-refractivity contribution in [3.8, 4) is 5.75 Å². The maximum Gasteiger partial charge on any atom is 0.125 e. The fourth-order valence-corrected chi connectivity index (χ4v) is 1.80. The van der Waals surface area contributed by atoms with Crippen LogP contribution in [0.25, 0.3) is 0 Å². The van der Waals surface area contributed by atoms with Crippen LogP contribution in [0.3, 0.4) is 0 Å². The smallest absolute Gasteiger partial charge is 0.125 e. The normalized spacial score (nSPS) is 17.3. The van der Waals surface area contributed by atoms with E-state index in [0.717, 1.165) is 37.4 Å². The molecule has 0 aromatic heterocycles. The molecule has 1 saturated heterocycles. The molecule has 4 nitrogen and oxygen atoms in total. The maximum absolute atomic E-state index is 5.92. The van der Waals surface area contributed by atoms with Crippen LogP contribution in [0.5, 0.6) is 5.75 Å². The molecule has 1 fully saturated rings. The number of rotatable bonds is 4. The molecule has 4 heteroatoms. The van der Waals surface area contributed by atoms with Gasteiger partial charge in [-0.05, 0) is 6.07 Å². The van der Waals surface area contributed by atoms with E-state index < -0.39 is 0 Å². The van der Waals surface area contributed by atoms with Crippen LogP contribution >= 0.6 is 0 Å². The molecule has 1 heterocycles. The van der Waals surface area contributed by atoms with Gasteiger partial charge in [-0.3, -0.25) is 4.84 Å². The summed E-state index contributed by atoms with van der Waals surface area (Å²) in [6.45, 7) is 1.93. The van der Waals surface area contributed by atoms with Gasteiger partial charge in [0.15, 0.2) is 0 Å². The van der Waals surface area contributed by atoms with E-state index in [1.165, 1.54) is 0 Å². The molecule has 2 N–H and O–H groups in total. The van der Waals surface area contributed by atoms with Crippen LogP contribution in [-0.2, 0) is 16.2 Å². The van der Waals surface area contributed by atoms with E-state index >= 15 is 0 Å². The molecule has 0 aliphatic carbocycles. The third-order valence-corrected chi connectivity index (χ3v) is 2.67. The van der Waals surface area contributed by atoms with Gasteiger partial charge < -0.3 is 9.47 Å². The molecule has 1 aromatic rings. The van der Waals surface area contributed by atoms with Gasteiger partial charge in [-0.1, -0.05) is 18.2 Å². The predicted molar refractivity (Wildman–Crippen MR) is 59.9 cm³/mol. The summed E-state index contributed by atoms with van der Waals surface area (Å²) < 4.78 is 11.2. The largest absolute Gasteiger partial charge is 0.490 e. The predicted octanol–water partition coefficient (Wildman–Crippen LogP) is 1.63. The fourth-order valence-electron chi connectivity index (χ4n) is 1.80. The second kappa shape index (κ2) is 5.84. The average molecular weight is 223 g/mol. The van der Waals surface area contributed by atoms with Crippen molar-refractivity contribution < 1.29 is 14.3 Å². The molecule has 0 saturated carbocycles. The molecule has 0 bridgehead atoms. The summed E-state index contributed by atoms with van der Waals surface area (Å²) in [5, 5.41) is 0. The first-order valence-electron chi connectivity index (χ1n) is 5.54. The standard InChI is InChI=1S/C12H17NO3/c13-15-9-10-3-1-2-4-12(10)16-11-5-7-14-8-6-11/h1-4,11H,5-9,13H2. The Morgan fingerprint density at radius 2 is 2.00 bits per heavy atom. The van der Waals surface area contributed by atoms with Gasteiger partial charge >= 0.3 is 0 Å². The molecule has 2 rings (SSSR count). The number of hydrogen-bond acceptors (Lipinski definition) is 4. The Morgan fingerprint density at radius 1 is 1.25 bits per heavy atom. The Balaban J connectivity index is 2.01. The minimum atomic E-state index is 0.243. The van der Waals surface area contributed by atoms with Gasteiger partial charge in [-0.15, -0.1) is 0 Å². The number of hydrogen-bond donors (Lipinski definition) is 1. The summed E-state index contributed by atoms with van der Waals surface area (Å²) in [4.78, 5) is 4.65. The van der Waals surface area contributed by atoms with E-state index in [9.17, 15) is 0 Å². The Kier molecular flexibility index (Phi) is 4.16. The lowest BCUT2D eigenvalue weighted by molar-refractivity contribution is 0.0240. The van der Waals surface area contributed by atoms with E-state index in [2.05, 4.69) is 4.84 Å². The first-order chi connectivity index (χ1) is 7.90. The van der Waals surface area contributed by atoms with E-state index in [1.807, 2.05) is 24.3 Å².